The minimum Gasteiger partial charge on any atom is -0.352 e. The maximum absolute atomic E-state index is 14.9. The maximum Gasteiger partial charge on any atom is 0.264 e. The Morgan fingerprint density at radius 1 is 0.974 bits per heavy atom. The standard InChI is InChI=1S/C28H30Cl2FN3O4S/c1-4-19(2)32-28(36)20(3)33(17-21-14-15-22(29)16-24(21)30)27(35)18-34(26-13-9-8-12-25(26)31)39(37,38)23-10-6-5-7-11-23/h5-16,19-20H,4,17-18H2,1-3H3,(H,32,36). The summed E-state index contributed by atoms with van der Waals surface area (Å²) < 4.78 is 42.9. The highest BCUT2D eigenvalue weighted by atomic mass is 35.5. The minimum absolute atomic E-state index is 0.111. The van der Waals surface area contributed by atoms with Crippen LogP contribution in [-0.4, -0.2) is 43.8 Å². The van der Waals surface area contributed by atoms with Crippen molar-refractivity contribution in [3.8, 4) is 0 Å². The molecule has 0 fully saturated rings. The summed E-state index contributed by atoms with van der Waals surface area (Å²) in [5.74, 6) is -1.97. The zero-order chi connectivity index (χ0) is 28.7. The first kappa shape index (κ1) is 30.4. The fourth-order valence-corrected chi connectivity index (χ4v) is 5.68. The van der Waals surface area contributed by atoms with Crippen LogP contribution >= 0.6 is 23.2 Å². The van der Waals surface area contributed by atoms with Gasteiger partial charge in [0.25, 0.3) is 10.0 Å². The topological polar surface area (TPSA) is 86.8 Å². The molecule has 208 valence electrons. The van der Waals surface area contributed by atoms with Gasteiger partial charge in [-0.2, -0.15) is 0 Å². The van der Waals surface area contributed by atoms with Gasteiger partial charge in [0.2, 0.25) is 11.8 Å². The SMILES string of the molecule is CCC(C)NC(=O)C(C)N(Cc1ccc(Cl)cc1Cl)C(=O)CN(c1ccccc1F)S(=O)(=O)c1ccccc1. The van der Waals surface area contributed by atoms with Gasteiger partial charge in [0.15, 0.2) is 0 Å². The van der Waals surface area contributed by atoms with E-state index in [-0.39, 0.29) is 28.2 Å². The van der Waals surface area contributed by atoms with Crippen molar-refractivity contribution >= 4 is 50.7 Å². The third-order valence-electron chi connectivity index (χ3n) is 6.26. The lowest BCUT2D eigenvalue weighted by Crippen LogP contribution is -2.52. The summed E-state index contributed by atoms with van der Waals surface area (Å²) in [5.41, 5.74) is 0.205. The highest BCUT2D eigenvalue weighted by Gasteiger charge is 2.34. The Kier molecular flexibility index (Phi) is 10.4. The van der Waals surface area contributed by atoms with Crippen LogP contribution in [0.3, 0.4) is 0 Å². The molecule has 0 spiro atoms. The van der Waals surface area contributed by atoms with Crippen molar-refractivity contribution in [3.05, 3.63) is 94.2 Å². The molecule has 0 bridgehead atoms. The number of halogens is 3. The van der Waals surface area contributed by atoms with E-state index < -0.39 is 40.2 Å². The monoisotopic (exact) mass is 593 g/mol. The largest absolute Gasteiger partial charge is 0.352 e. The van der Waals surface area contributed by atoms with E-state index in [9.17, 15) is 22.4 Å². The van der Waals surface area contributed by atoms with E-state index in [1.165, 1.54) is 53.4 Å². The summed E-state index contributed by atoms with van der Waals surface area (Å²) in [4.78, 5) is 28.0. The third kappa shape index (κ3) is 7.50. The number of carbonyl (C=O) groups excluding carboxylic acids is 2. The van der Waals surface area contributed by atoms with Gasteiger partial charge in [-0.25, -0.2) is 12.8 Å². The van der Waals surface area contributed by atoms with Crippen LogP contribution in [0.25, 0.3) is 0 Å². The predicted molar refractivity (Wildman–Crippen MR) is 152 cm³/mol. The number of para-hydroxylation sites is 1. The second kappa shape index (κ2) is 13.3. The summed E-state index contributed by atoms with van der Waals surface area (Å²) >= 11 is 12.4. The lowest BCUT2D eigenvalue weighted by atomic mass is 10.1. The van der Waals surface area contributed by atoms with Crippen molar-refractivity contribution in [2.75, 3.05) is 10.8 Å². The van der Waals surface area contributed by atoms with E-state index in [2.05, 4.69) is 5.32 Å². The minimum atomic E-state index is -4.36. The fourth-order valence-electron chi connectivity index (χ4n) is 3.77. The van der Waals surface area contributed by atoms with E-state index >= 15 is 0 Å². The first-order valence-corrected chi connectivity index (χ1v) is 14.5. The van der Waals surface area contributed by atoms with Crippen molar-refractivity contribution < 1.29 is 22.4 Å². The number of hydrogen-bond acceptors (Lipinski definition) is 4. The highest BCUT2D eigenvalue weighted by molar-refractivity contribution is 7.92. The quantitative estimate of drug-likeness (QED) is 0.311. The molecule has 3 aromatic rings. The number of nitrogens with one attached hydrogen (secondary N) is 1. The van der Waals surface area contributed by atoms with E-state index in [4.69, 9.17) is 23.2 Å². The molecule has 39 heavy (non-hydrogen) atoms. The number of amides is 2. The number of sulfonamides is 1. The Morgan fingerprint density at radius 2 is 1.62 bits per heavy atom. The number of anilines is 1. The molecule has 7 nitrogen and oxygen atoms in total. The second-order valence-electron chi connectivity index (χ2n) is 9.03. The molecule has 3 aromatic carbocycles. The molecular weight excluding hydrogens is 564 g/mol. The summed E-state index contributed by atoms with van der Waals surface area (Å²) in [6.45, 7) is 4.41. The number of nitrogens with zero attached hydrogens (tertiary/aromatic N) is 2. The van der Waals surface area contributed by atoms with Crippen LogP contribution in [-0.2, 0) is 26.2 Å². The molecule has 0 heterocycles. The van der Waals surface area contributed by atoms with E-state index in [0.717, 1.165) is 10.4 Å². The van der Waals surface area contributed by atoms with Crippen molar-refractivity contribution in [2.45, 2.75) is 50.7 Å². The molecule has 0 saturated carbocycles. The number of rotatable bonds is 11. The molecule has 2 amide bonds. The van der Waals surface area contributed by atoms with Crippen molar-refractivity contribution in [1.29, 1.82) is 0 Å². The van der Waals surface area contributed by atoms with Gasteiger partial charge in [0, 0.05) is 22.6 Å². The van der Waals surface area contributed by atoms with Crippen LogP contribution < -0.4 is 9.62 Å². The van der Waals surface area contributed by atoms with Gasteiger partial charge in [-0.15, -0.1) is 0 Å². The Morgan fingerprint density at radius 3 is 2.23 bits per heavy atom. The molecule has 0 aliphatic heterocycles. The maximum atomic E-state index is 14.9. The van der Waals surface area contributed by atoms with Crippen LogP contribution in [0.4, 0.5) is 10.1 Å². The Bertz CT molecular complexity index is 1420. The molecule has 0 saturated heterocycles. The Balaban J connectivity index is 2.05. The zero-order valence-electron chi connectivity index (χ0n) is 21.8. The van der Waals surface area contributed by atoms with Gasteiger partial charge in [-0.3, -0.25) is 13.9 Å². The van der Waals surface area contributed by atoms with Gasteiger partial charge in [-0.1, -0.05) is 66.5 Å². The molecule has 3 rings (SSSR count). The molecule has 2 unspecified atom stereocenters. The molecule has 0 aliphatic carbocycles. The van der Waals surface area contributed by atoms with Crippen LogP contribution in [0.2, 0.25) is 10.0 Å². The molecule has 0 aliphatic rings. The van der Waals surface area contributed by atoms with Crippen molar-refractivity contribution in [3.63, 3.8) is 0 Å². The van der Waals surface area contributed by atoms with Crippen LogP contribution in [0, 0.1) is 5.82 Å². The first-order chi connectivity index (χ1) is 18.4. The highest BCUT2D eigenvalue weighted by Crippen LogP contribution is 2.28. The van der Waals surface area contributed by atoms with Gasteiger partial charge < -0.3 is 10.2 Å². The summed E-state index contributed by atoms with van der Waals surface area (Å²) in [5, 5.41) is 3.51. The average molecular weight is 595 g/mol. The summed E-state index contributed by atoms with van der Waals surface area (Å²) in [7, 11) is -4.36. The lowest BCUT2D eigenvalue weighted by Gasteiger charge is -2.32. The normalized spacial score (nSPS) is 12.9. The molecular formula is C28H30Cl2FN3O4S. The van der Waals surface area contributed by atoms with Gasteiger partial charge in [0.1, 0.15) is 18.4 Å². The van der Waals surface area contributed by atoms with E-state index in [0.29, 0.717) is 17.0 Å². The molecule has 0 aromatic heterocycles. The smallest absolute Gasteiger partial charge is 0.264 e. The summed E-state index contributed by atoms with van der Waals surface area (Å²) in [6.07, 6.45) is 0.672. The van der Waals surface area contributed by atoms with E-state index in [1.54, 1.807) is 25.1 Å². The van der Waals surface area contributed by atoms with Gasteiger partial charge >= 0.3 is 0 Å². The van der Waals surface area contributed by atoms with E-state index in [1.807, 2.05) is 13.8 Å². The number of benzene rings is 3. The molecule has 1 N–H and O–H groups in total. The average Bonchev–Trinajstić information content (AvgIpc) is 2.91. The Hall–Kier alpha value is -3.14. The summed E-state index contributed by atoms with van der Waals surface area (Å²) in [6, 6.07) is 16.3. The van der Waals surface area contributed by atoms with Crippen LogP contribution in [0.15, 0.2) is 77.7 Å². The van der Waals surface area contributed by atoms with Gasteiger partial charge in [0.05, 0.1) is 10.6 Å². The van der Waals surface area contributed by atoms with Crippen molar-refractivity contribution in [1.82, 2.24) is 10.2 Å². The lowest BCUT2D eigenvalue weighted by molar-refractivity contribution is -0.139. The number of hydrogen-bond donors (Lipinski definition) is 1. The van der Waals surface area contributed by atoms with Crippen LogP contribution in [0.1, 0.15) is 32.8 Å². The Labute approximate surface area is 238 Å². The fraction of sp³-hybridized carbons (Fsp3) is 0.286. The number of carbonyl (C=O) groups is 2. The first-order valence-electron chi connectivity index (χ1n) is 12.3. The predicted octanol–water partition coefficient (Wildman–Crippen LogP) is 5.66. The van der Waals surface area contributed by atoms with Gasteiger partial charge in [-0.05, 0) is 62.2 Å². The molecule has 11 heteroatoms. The van der Waals surface area contributed by atoms with Crippen LogP contribution in [0.5, 0.6) is 0 Å². The molecule has 0 radical (unpaired) electrons. The second-order valence-corrected chi connectivity index (χ2v) is 11.7. The zero-order valence-corrected chi connectivity index (χ0v) is 24.1. The van der Waals surface area contributed by atoms with Crippen molar-refractivity contribution in [2.24, 2.45) is 0 Å². The third-order valence-corrected chi connectivity index (χ3v) is 8.62. The molecule has 2 atom stereocenters.